The molecule has 0 aliphatic rings. The van der Waals surface area contributed by atoms with Crippen molar-refractivity contribution >= 4 is 57.1 Å². The van der Waals surface area contributed by atoms with Crippen LogP contribution in [0.2, 0.25) is 10.2 Å². The van der Waals surface area contributed by atoms with Gasteiger partial charge in [-0.05, 0) is 54.6 Å². The number of halogens is 2. The Bertz CT molecular complexity index is 1660. The van der Waals surface area contributed by atoms with Crippen LogP contribution in [0.15, 0.2) is 85.2 Å². The van der Waals surface area contributed by atoms with Gasteiger partial charge in [0.15, 0.2) is 11.5 Å². The molecule has 0 saturated carbocycles. The minimum atomic E-state index is -0.372. The lowest BCUT2D eigenvalue weighted by Crippen LogP contribution is -2.14. The first kappa shape index (κ1) is 26.1. The smallest absolute Gasteiger partial charge is 0.259 e. The van der Waals surface area contributed by atoms with Crippen LogP contribution in [0.25, 0.3) is 10.9 Å². The van der Waals surface area contributed by atoms with Crippen molar-refractivity contribution in [1.29, 1.82) is 0 Å². The van der Waals surface area contributed by atoms with Crippen molar-refractivity contribution in [2.45, 2.75) is 0 Å². The van der Waals surface area contributed by atoms with Crippen molar-refractivity contribution in [2.24, 2.45) is 0 Å². The molecule has 0 bridgehead atoms. The molecule has 0 spiro atoms. The largest absolute Gasteiger partial charge is 0.493 e. The molecule has 2 heterocycles. The summed E-state index contributed by atoms with van der Waals surface area (Å²) in [7, 11) is 3.15. The van der Waals surface area contributed by atoms with Crippen LogP contribution in [0.1, 0.15) is 10.4 Å². The normalized spacial score (nSPS) is 10.7. The summed E-state index contributed by atoms with van der Waals surface area (Å²) >= 11 is 12.4. The van der Waals surface area contributed by atoms with Crippen LogP contribution in [0, 0.1) is 0 Å². The molecule has 3 aromatic carbocycles. The van der Waals surface area contributed by atoms with Crippen LogP contribution >= 0.6 is 23.2 Å². The predicted octanol–water partition coefficient (Wildman–Crippen LogP) is 7.74. The Morgan fingerprint density at radius 2 is 1.56 bits per heavy atom. The first-order chi connectivity index (χ1) is 18.9. The number of ether oxygens (including phenoxy) is 3. The lowest BCUT2D eigenvalue weighted by atomic mass is 10.1. The lowest BCUT2D eigenvalue weighted by Gasteiger charge is -2.14. The molecular formula is C29H22Cl2N4O4. The highest BCUT2D eigenvalue weighted by molar-refractivity contribution is 6.33. The van der Waals surface area contributed by atoms with Gasteiger partial charge in [0.25, 0.3) is 5.91 Å². The molecule has 0 unspecified atom stereocenters. The van der Waals surface area contributed by atoms with Crippen LogP contribution in [-0.2, 0) is 0 Å². The lowest BCUT2D eigenvalue weighted by molar-refractivity contribution is 0.102. The number of nitrogens with one attached hydrogen (secondary N) is 2. The number of hydrogen-bond donors (Lipinski definition) is 2. The second-order valence-corrected chi connectivity index (χ2v) is 9.07. The van der Waals surface area contributed by atoms with Gasteiger partial charge in [0.05, 0.1) is 41.7 Å². The first-order valence-electron chi connectivity index (χ1n) is 11.7. The molecule has 5 rings (SSSR count). The molecule has 5 aromatic rings. The summed E-state index contributed by atoms with van der Waals surface area (Å²) in [5.74, 6) is 1.95. The van der Waals surface area contributed by atoms with Gasteiger partial charge < -0.3 is 24.8 Å². The summed E-state index contributed by atoms with van der Waals surface area (Å²) in [6, 6.07) is 21.1. The molecule has 0 saturated heterocycles. The van der Waals surface area contributed by atoms with Crippen LogP contribution in [0.5, 0.6) is 23.0 Å². The summed E-state index contributed by atoms with van der Waals surface area (Å²) in [6.07, 6.45) is 3.07. The Morgan fingerprint density at radius 1 is 0.821 bits per heavy atom. The predicted molar refractivity (Wildman–Crippen MR) is 153 cm³/mol. The third kappa shape index (κ3) is 5.82. The number of para-hydroxylation sites is 1. The third-order valence-corrected chi connectivity index (χ3v) is 6.34. The number of fused-ring (bicyclic) bond motifs is 1. The molecule has 39 heavy (non-hydrogen) atoms. The van der Waals surface area contributed by atoms with E-state index in [1.807, 2.05) is 18.2 Å². The minimum absolute atomic E-state index is 0.238. The van der Waals surface area contributed by atoms with E-state index in [-0.39, 0.29) is 11.1 Å². The van der Waals surface area contributed by atoms with Gasteiger partial charge in [-0.1, -0.05) is 35.3 Å². The molecule has 10 heteroatoms. The summed E-state index contributed by atoms with van der Waals surface area (Å²) in [4.78, 5) is 21.6. The molecule has 1 amide bonds. The number of anilines is 3. The maximum Gasteiger partial charge on any atom is 0.259 e. The molecule has 8 nitrogen and oxygen atoms in total. The monoisotopic (exact) mass is 560 g/mol. The molecule has 196 valence electrons. The van der Waals surface area contributed by atoms with Gasteiger partial charge in [-0.3, -0.25) is 9.78 Å². The van der Waals surface area contributed by atoms with E-state index in [2.05, 4.69) is 20.6 Å². The van der Waals surface area contributed by atoms with E-state index < -0.39 is 0 Å². The zero-order valence-electron chi connectivity index (χ0n) is 20.9. The summed E-state index contributed by atoms with van der Waals surface area (Å²) < 4.78 is 16.9. The Labute approximate surface area is 234 Å². The van der Waals surface area contributed by atoms with E-state index in [0.717, 1.165) is 5.39 Å². The van der Waals surface area contributed by atoms with Crippen molar-refractivity contribution < 1.29 is 19.0 Å². The average molecular weight is 561 g/mol. The highest BCUT2D eigenvalue weighted by Crippen LogP contribution is 2.37. The molecule has 0 atom stereocenters. The fraction of sp³-hybridized carbons (Fsp3) is 0.0690. The van der Waals surface area contributed by atoms with E-state index in [9.17, 15) is 4.79 Å². The van der Waals surface area contributed by atoms with E-state index in [1.54, 1.807) is 75.0 Å². The molecule has 2 N–H and O–H groups in total. The molecular weight excluding hydrogens is 539 g/mol. The van der Waals surface area contributed by atoms with Gasteiger partial charge >= 0.3 is 0 Å². The summed E-state index contributed by atoms with van der Waals surface area (Å²) in [5, 5.41) is 7.54. The number of hydrogen-bond acceptors (Lipinski definition) is 7. The van der Waals surface area contributed by atoms with Crippen LogP contribution < -0.4 is 24.8 Å². The number of pyridine rings is 2. The Balaban J connectivity index is 1.34. The van der Waals surface area contributed by atoms with Crippen molar-refractivity contribution in [3.63, 3.8) is 0 Å². The van der Waals surface area contributed by atoms with Gasteiger partial charge in [0.2, 0.25) is 0 Å². The number of benzene rings is 3. The van der Waals surface area contributed by atoms with Crippen LogP contribution in [0.3, 0.4) is 0 Å². The second kappa shape index (κ2) is 11.5. The van der Waals surface area contributed by atoms with Crippen molar-refractivity contribution in [3.05, 3.63) is 101 Å². The van der Waals surface area contributed by atoms with Gasteiger partial charge in [0, 0.05) is 29.5 Å². The van der Waals surface area contributed by atoms with Crippen molar-refractivity contribution in [2.75, 3.05) is 24.9 Å². The quantitative estimate of drug-likeness (QED) is 0.187. The van der Waals surface area contributed by atoms with E-state index in [0.29, 0.717) is 56.2 Å². The number of carbonyl (C=O) groups is 1. The first-order valence-corrected chi connectivity index (χ1v) is 12.5. The molecule has 0 aliphatic carbocycles. The summed E-state index contributed by atoms with van der Waals surface area (Å²) in [5.41, 5.74) is 2.67. The number of rotatable bonds is 8. The zero-order valence-corrected chi connectivity index (χ0v) is 22.4. The Hall–Kier alpha value is -4.53. The Morgan fingerprint density at radius 3 is 2.31 bits per heavy atom. The van der Waals surface area contributed by atoms with E-state index in [4.69, 9.17) is 37.4 Å². The molecule has 2 aromatic heterocycles. The molecule has 0 fully saturated rings. The second-order valence-electron chi connectivity index (χ2n) is 8.27. The third-order valence-electron chi connectivity index (χ3n) is 5.81. The Kier molecular flexibility index (Phi) is 7.67. The van der Waals surface area contributed by atoms with Gasteiger partial charge in [-0.25, -0.2) is 4.98 Å². The highest BCUT2D eigenvalue weighted by atomic mass is 35.5. The maximum absolute atomic E-state index is 13.1. The van der Waals surface area contributed by atoms with Crippen LogP contribution in [0.4, 0.5) is 17.1 Å². The van der Waals surface area contributed by atoms with Crippen molar-refractivity contribution in [3.8, 4) is 23.0 Å². The fourth-order valence-electron chi connectivity index (χ4n) is 3.89. The van der Waals surface area contributed by atoms with Gasteiger partial charge in [0.1, 0.15) is 16.7 Å². The number of amides is 1. The molecule has 0 aliphatic heterocycles. The fourth-order valence-corrected chi connectivity index (χ4v) is 4.23. The number of methoxy groups -OCH3 is 2. The number of aromatic nitrogens is 2. The van der Waals surface area contributed by atoms with Gasteiger partial charge in [-0.2, -0.15) is 0 Å². The highest BCUT2D eigenvalue weighted by Gasteiger charge is 2.15. The maximum atomic E-state index is 13.1. The van der Waals surface area contributed by atoms with Crippen molar-refractivity contribution in [1.82, 2.24) is 9.97 Å². The van der Waals surface area contributed by atoms with Gasteiger partial charge in [-0.15, -0.1) is 0 Å². The van der Waals surface area contributed by atoms with E-state index in [1.165, 1.54) is 6.20 Å². The topological polar surface area (TPSA) is 94.6 Å². The SMILES string of the molecule is COc1cc2nccc(Oc3ccc(NC(=O)c4cnc(Cl)cc4Nc4ccccc4Cl)cc3)c2cc1OC. The number of nitrogens with zero attached hydrogens (tertiary/aromatic N) is 2. The van der Waals surface area contributed by atoms with E-state index >= 15 is 0 Å². The average Bonchev–Trinajstić information content (AvgIpc) is 2.94. The zero-order chi connectivity index (χ0) is 27.4. The minimum Gasteiger partial charge on any atom is -0.493 e. The summed E-state index contributed by atoms with van der Waals surface area (Å²) in [6.45, 7) is 0. The molecule has 0 radical (unpaired) electrons. The van der Waals surface area contributed by atoms with Crippen LogP contribution in [-0.4, -0.2) is 30.1 Å². The number of carbonyl (C=O) groups excluding carboxylic acids is 1. The standard InChI is InChI=1S/C29H22Cl2N4O4/c1-37-26-13-19-23(14-27(26)38-2)32-12-11-25(19)39-18-9-7-17(8-10-18)34-29(36)20-16-33-28(31)15-24(20)35-22-6-4-3-5-21(22)30/h3-16H,1-2H3,(H,33,35)(H,34,36).